The molecule has 1 fully saturated rings. The van der Waals surface area contributed by atoms with Crippen molar-refractivity contribution in [3.8, 4) is 0 Å². The Labute approximate surface area is 100 Å². The van der Waals surface area contributed by atoms with E-state index in [1.165, 1.54) is 5.56 Å². The lowest BCUT2D eigenvalue weighted by molar-refractivity contribution is -0.131. The summed E-state index contributed by atoms with van der Waals surface area (Å²) >= 11 is 0. The Kier molecular flexibility index (Phi) is 3.90. The van der Waals surface area contributed by atoms with Gasteiger partial charge in [0.2, 0.25) is 0 Å². The molecule has 2 rings (SSSR count). The summed E-state index contributed by atoms with van der Waals surface area (Å²) in [5.74, 6) is -0.924. The van der Waals surface area contributed by atoms with E-state index in [0.717, 1.165) is 31.3 Å². The Hall–Kier alpha value is -1.65. The van der Waals surface area contributed by atoms with Gasteiger partial charge in [0, 0.05) is 31.8 Å². The van der Waals surface area contributed by atoms with Crippen molar-refractivity contribution in [1.82, 2.24) is 10.6 Å². The minimum absolute atomic E-state index is 0.348. The van der Waals surface area contributed by atoms with Crippen molar-refractivity contribution in [3.05, 3.63) is 41.5 Å². The minimum Gasteiger partial charge on any atom is -0.478 e. The molecule has 0 bridgehead atoms. The van der Waals surface area contributed by atoms with Gasteiger partial charge in [-0.2, -0.15) is 0 Å². The van der Waals surface area contributed by atoms with E-state index in [9.17, 15) is 4.79 Å². The first-order chi connectivity index (χ1) is 8.25. The van der Waals surface area contributed by atoms with Gasteiger partial charge in [-0.25, -0.2) is 4.79 Å². The van der Waals surface area contributed by atoms with E-state index in [1.54, 1.807) is 6.08 Å². The molecular formula is C13H16N2O2. The summed E-state index contributed by atoms with van der Waals surface area (Å²) in [6, 6.07) is 8.29. The van der Waals surface area contributed by atoms with Gasteiger partial charge in [0.15, 0.2) is 0 Å². The number of benzene rings is 1. The van der Waals surface area contributed by atoms with Crippen molar-refractivity contribution in [3.63, 3.8) is 0 Å². The fraction of sp³-hybridized carbons (Fsp3) is 0.308. The number of carbonyl (C=O) groups is 1. The molecule has 1 aromatic carbocycles. The number of hydrogen-bond donors (Lipinski definition) is 3. The summed E-state index contributed by atoms with van der Waals surface area (Å²) in [7, 11) is 0. The predicted octanol–water partition coefficient (Wildman–Crippen LogP) is 1.02. The number of hydrogen-bond acceptors (Lipinski definition) is 3. The van der Waals surface area contributed by atoms with Crippen LogP contribution < -0.4 is 10.6 Å². The lowest BCUT2D eigenvalue weighted by Gasteiger charge is -2.24. The third-order valence-electron chi connectivity index (χ3n) is 2.80. The Morgan fingerprint density at radius 2 is 2.06 bits per heavy atom. The van der Waals surface area contributed by atoms with Crippen LogP contribution in [0, 0.1) is 0 Å². The second kappa shape index (κ2) is 5.61. The molecule has 4 nitrogen and oxygen atoms in total. The Morgan fingerprint density at radius 3 is 2.65 bits per heavy atom. The maximum Gasteiger partial charge on any atom is 0.328 e. The zero-order valence-electron chi connectivity index (χ0n) is 9.52. The van der Waals surface area contributed by atoms with E-state index >= 15 is 0 Å². The second-order valence-electron chi connectivity index (χ2n) is 4.05. The largest absolute Gasteiger partial charge is 0.478 e. The molecule has 3 N–H and O–H groups in total. The van der Waals surface area contributed by atoms with Crippen LogP contribution in [0.4, 0.5) is 0 Å². The van der Waals surface area contributed by atoms with E-state index in [-0.39, 0.29) is 0 Å². The third-order valence-corrected chi connectivity index (χ3v) is 2.80. The molecule has 1 heterocycles. The fourth-order valence-electron chi connectivity index (χ4n) is 1.90. The lowest BCUT2D eigenvalue weighted by Crippen LogP contribution is -2.42. The van der Waals surface area contributed by atoms with E-state index in [2.05, 4.69) is 10.6 Å². The molecule has 90 valence electrons. The quantitative estimate of drug-likeness (QED) is 0.681. The highest BCUT2D eigenvalue weighted by Crippen LogP contribution is 2.15. The Bertz CT molecular complexity index is 406. The van der Waals surface area contributed by atoms with E-state index in [0.29, 0.717) is 6.04 Å². The minimum atomic E-state index is -0.924. The standard InChI is InChI=1S/C13H16N2O2/c16-13(17)6-3-10-1-4-11(5-2-10)12-9-14-7-8-15-12/h1-6,12,14-15H,7-9H2,(H,16,17). The van der Waals surface area contributed by atoms with E-state index in [1.807, 2.05) is 24.3 Å². The van der Waals surface area contributed by atoms with Gasteiger partial charge in [-0.05, 0) is 17.2 Å². The second-order valence-corrected chi connectivity index (χ2v) is 4.05. The molecule has 0 spiro atoms. The Morgan fingerprint density at radius 1 is 1.29 bits per heavy atom. The van der Waals surface area contributed by atoms with E-state index < -0.39 is 5.97 Å². The predicted molar refractivity (Wildman–Crippen MR) is 66.7 cm³/mol. The van der Waals surface area contributed by atoms with Crippen LogP contribution in [-0.2, 0) is 4.79 Å². The van der Waals surface area contributed by atoms with Gasteiger partial charge in [-0.3, -0.25) is 0 Å². The summed E-state index contributed by atoms with van der Waals surface area (Å²) in [6.07, 6.45) is 2.74. The molecule has 17 heavy (non-hydrogen) atoms. The Balaban J connectivity index is 2.04. The van der Waals surface area contributed by atoms with Crippen LogP contribution >= 0.6 is 0 Å². The van der Waals surface area contributed by atoms with Crippen molar-refractivity contribution in [2.24, 2.45) is 0 Å². The molecule has 0 aliphatic carbocycles. The molecule has 4 heteroatoms. The first-order valence-electron chi connectivity index (χ1n) is 5.71. The number of carboxylic acid groups (broad SMARTS) is 1. The maximum atomic E-state index is 10.4. The van der Waals surface area contributed by atoms with Gasteiger partial charge >= 0.3 is 5.97 Å². The normalized spacial score (nSPS) is 20.6. The summed E-state index contributed by atoms with van der Waals surface area (Å²) < 4.78 is 0. The highest BCUT2D eigenvalue weighted by molar-refractivity contribution is 5.85. The fourth-order valence-corrected chi connectivity index (χ4v) is 1.90. The highest BCUT2D eigenvalue weighted by atomic mass is 16.4. The highest BCUT2D eigenvalue weighted by Gasteiger charge is 2.13. The first-order valence-corrected chi connectivity index (χ1v) is 5.71. The zero-order valence-corrected chi connectivity index (χ0v) is 9.52. The molecule has 1 unspecified atom stereocenters. The van der Waals surface area contributed by atoms with Gasteiger partial charge in [0.1, 0.15) is 0 Å². The van der Waals surface area contributed by atoms with Crippen molar-refractivity contribution in [2.45, 2.75) is 6.04 Å². The summed E-state index contributed by atoms with van der Waals surface area (Å²) in [5, 5.41) is 15.3. The average Bonchev–Trinajstić information content (AvgIpc) is 2.38. The van der Waals surface area contributed by atoms with Crippen molar-refractivity contribution in [1.29, 1.82) is 0 Å². The van der Waals surface area contributed by atoms with Crippen LogP contribution in [0.25, 0.3) is 6.08 Å². The molecular weight excluding hydrogens is 216 g/mol. The third kappa shape index (κ3) is 3.41. The van der Waals surface area contributed by atoms with Crippen LogP contribution in [-0.4, -0.2) is 30.7 Å². The number of nitrogens with one attached hydrogen (secondary N) is 2. The molecule has 1 atom stereocenters. The van der Waals surface area contributed by atoms with Crippen LogP contribution in [0.1, 0.15) is 17.2 Å². The topological polar surface area (TPSA) is 61.4 Å². The van der Waals surface area contributed by atoms with Gasteiger partial charge in [-0.15, -0.1) is 0 Å². The molecule has 1 saturated heterocycles. The molecule has 0 amide bonds. The summed E-state index contributed by atoms with van der Waals surface area (Å²) in [4.78, 5) is 10.4. The van der Waals surface area contributed by atoms with Crippen molar-refractivity contribution < 1.29 is 9.90 Å². The van der Waals surface area contributed by atoms with Crippen LogP contribution in [0.2, 0.25) is 0 Å². The molecule has 1 aromatic rings. The number of aliphatic carboxylic acids is 1. The zero-order chi connectivity index (χ0) is 12.1. The van der Waals surface area contributed by atoms with Gasteiger partial charge in [0.05, 0.1) is 0 Å². The molecule has 1 aliphatic heterocycles. The first kappa shape index (κ1) is 11.8. The monoisotopic (exact) mass is 232 g/mol. The van der Waals surface area contributed by atoms with Crippen molar-refractivity contribution in [2.75, 3.05) is 19.6 Å². The van der Waals surface area contributed by atoms with Crippen LogP contribution in [0.3, 0.4) is 0 Å². The van der Waals surface area contributed by atoms with Crippen LogP contribution in [0.5, 0.6) is 0 Å². The number of piperazine rings is 1. The summed E-state index contributed by atoms with van der Waals surface area (Å²) in [5.41, 5.74) is 2.13. The van der Waals surface area contributed by atoms with E-state index in [4.69, 9.17) is 5.11 Å². The van der Waals surface area contributed by atoms with Gasteiger partial charge in [-0.1, -0.05) is 24.3 Å². The molecule has 0 saturated carbocycles. The smallest absolute Gasteiger partial charge is 0.328 e. The van der Waals surface area contributed by atoms with Gasteiger partial charge < -0.3 is 15.7 Å². The lowest BCUT2D eigenvalue weighted by atomic mass is 10.0. The van der Waals surface area contributed by atoms with Crippen LogP contribution in [0.15, 0.2) is 30.3 Å². The van der Waals surface area contributed by atoms with Crippen molar-refractivity contribution >= 4 is 12.0 Å². The van der Waals surface area contributed by atoms with Gasteiger partial charge in [0.25, 0.3) is 0 Å². The molecule has 0 aromatic heterocycles. The number of rotatable bonds is 3. The number of carboxylic acids is 1. The SMILES string of the molecule is O=C(O)C=Cc1ccc(C2CNCCN2)cc1. The molecule has 1 aliphatic rings. The molecule has 0 radical (unpaired) electrons. The maximum absolute atomic E-state index is 10.4. The summed E-state index contributed by atoms with van der Waals surface area (Å²) in [6.45, 7) is 2.92. The average molecular weight is 232 g/mol.